The van der Waals surface area contributed by atoms with Gasteiger partial charge < -0.3 is 10.1 Å². The van der Waals surface area contributed by atoms with E-state index in [0.29, 0.717) is 17.7 Å². The van der Waals surface area contributed by atoms with E-state index in [4.69, 9.17) is 4.74 Å². The van der Waals surface area contributed by atoms with Crippen molar-refractivity contribution < 1.29 is 9.13 Å². The Labute approximate surface area is 140 Å². The van der Waals surface area contributed by atoms with Crippen molar-refractivity contribution in [2.75, 3.05) is 19.7 Å². The van der Waals surface area contributed by atoms with Crippen LogP contribution in [0.15, 0.2) is 41.3 Å². The van der Waals surface area contributed by atoms with E-state index in [1.165, 1.54) is 16.8 Å². The number of morpholine rings is 1. The van der Waals surface area contributed by atoms with E-state index in [9.17, 15) is 9.18 Å². The van der Waals surface area contributed by atoms with Gasteiger partial charge in [0.2, 0.25) is 0 Å². The quantitative estimate of drug-likeness (QED) is 0.825. The molecule has 24 heavy (non-hydrogen) atoms. The second kappa shape index (κ2) is 8.17. The molecular formula is C18H22FN3O2. The van der Waals surface area contributed by atoms with Crippen molar-refractivity contribution >= 4 is 0 Å². The molecule has 1 aliphatic heterocycles. The van der Waals surface area contributed by atoms with Crippen molar-refractivity contribution in [3.05, 3.63) is 52.7 Å². The van der Waals surface area contributed by atoms with Gasteiger partial charge in [-0.05, 0) is 43.0 Å². The summed E-state index contributed by atoms with van der Waals surface area (Å²) in [5.74, 6) is -0.312. The highest BCUT2D eigenvalue weighted by Crippen LogP contribution is 2.15. The molecular weight excluding hydrogens is 309 g/mol. The SMILES string of the molecule is O=c1c(-c2ccc(F)cc2)ccnn1CCCCC1CNCCO1. The predicted molar refractivity (Wildman–Crippen MR) is 90.4 cm³/mol. The first kappa shape index (κ1) is 16.8. The van der Waals surface area contributed by atoms with Gasteiger partial charge in [-0.3, -0.25) is 4.79 Å². The molecule has 5 nitrogen and oxygen atoms in total. The number of ether oxygens (including phenoxy) is 1. The maximum atomic E-state index is 13.0. The number of benzene rings is 1. The van der Waals surface area contributed by atoms with Crippen LogP contribution in [0.5, 0.6) is 0 Å². The fourth-order valence-electron chi connectivity index (χ4n) is 2.90. The maximum absolute atomic E-state index is 13.0. The average molecular weight is 331 g/mol. The Hall–Kier alpha value is -2.05. The van der Waals surface area contributed by atoms with E-state index < -0.39 is 0 Å². The van der Waals surface area contributed by atoms with E-state index in [1.807, 2.05) is 0 Å². The molecule has 2 heterocycles. The van der Waals surface area contributed by atoms with Crippen LogP contribution in [0.1, 0.15) is 19.3 Å². The van der Waals surface area contributed by atoms with Gasteiger partial charge in [-0.25, -0.2) is 9.07 Å². The van der Waals surface area contributed by atoms with E-state index in [0.717, 1.165) is 39.0 Å². The van der Waals surface area contributed by atoms with Crippen LogP contribution in [0, 0.1) is 5.82 Å². The van der Waals surface area contributed by atoms with Crippen LogP contribution in [-0.4, -0.2) is 35.6 Å². The number of unbranched alkanes of at least 4 members (excludes halogenated alkanes) is 1. The van der Waals surface area contributed by atoms with Crippen LogP contribution in [0.4, 0.5) is 4.39 Å². The molecule has 0 bridgehead atoms. The Morgan fingerprint density at radius 1 is 1.25 bits per heavy atom. The smallest absolute Gasteiger partial charge is 0.274 e. The summed E-state index contributed by atoms with van der Waals surface area (Å²) in [4.78, 5) is 12.5. The molecule has 1 atom stereocenters. The number of nitrogens with one attached hydrogen (secondary N) is 1. The molecule has 0 amide bonds. The zero-order valence-corrected chi connectivity index (χ0v) is 13.6. The fraction of sp³-hybridized carbons (Fsp3) is 0.444. The zero-order chi connectivity index (χ0) is 16.8. The Morgan fingerprint density at radius 2 is 2.08 bits per heavy atom. The summed E-state index contributed by atoms with van der Waals surface area (Å²) in [5.41, 5.74) is 1.11. The molecule has 0 aliphatic carbocycles. The van der Waals surface area contributed by atoms with Crippen molar-refractivity contribution in [1.29, 1.82) is 0 Å². The number of rotatable bonds is 6. The monoisotopic (exact) mass is 331 g/mol. The summed E-state index contributed by atoms with van der Waals surface area (Å²) in [6.45, 7) is 3.17. The molecule has 1 aromatic carbocycles. The van der Waals surface area contributed by atoms with E-state index in [1.54, 1.807) is 24.4 Å². The molecule has 1 aliphatic rings. The Morgan fingerprint density at radius 3 is 2.83 bits per heavy atom. The van der Waals surface area contributed by atoms with Gasteiger partial charge in [-0.1, -0.05) is 12.1 Å². The Balaban J connectivity index is 1.59. The third-order valence-electron chi connectivity index (χ3n) is 4.22. The van der Waals surface area contributed by atoms with Crippen molar-refractivity contribution in [1.82, 2.24) is 15.1 Å². The van der Waals surface area contributed by atoms with E-state index in [-0.39, 0.29) is 17.5 Å². The first-order valence-electron chi connectivity index (χ1n) is 8.38. The summed E-state index contributed by atoms with van der Waals surface area (Å²) in [6.07, 6.45) is 4.74. The van der Waals surface area contributed by atoms with Crippen molar-refractivity contribution in [2.45, 2.75) is 31.9 Å². The fourth-order valence-corrected chi connectivity index (χ4v) is 2.90. The summed E-state index contributed by atoms with van der Waals surface area (Å²) in [6, 6.07) is 7.62. The second-order valence-corrected chi connectivity index (χ2v) is 5.97. The van der Waals surface area contributed by atoms with Gasteiger partial charge in [0.05, 0.1) is 18.3 Å². The van der Waals surface area contributed by atoms with Crippen molar-refractivity contribution in [3.63, 3.8) is 0 Å². The lowest BCUT2D eigenvalue weighted by Gasteiger charge is -2.23. The Bertz CT molecular complexity index is 709. The Kier molecular flexibility index (Phi) is 5.72. The van der Waals surface area contributed by atoms with Crippen LogP contribution in [0.2, 0.25) is 0 Å². The second-order valence-electron chi connectivity index (χ2n) is 5.97. The zero-order valence-electron chi connectivity index (χ0n) is 13.6. The van der Waals surface area contributed by atoms with Crippen LogP contribution >= 0.6 is 0 Å². The van der Waals surface area contributed by atoms with Gasteiger partial charge in [0.1, 0.15) is 5.82 Å². The minimum absolute atomic E-state index is 0.139. The molecule has 1 aromatic heterocycles. The lowest BCUT2D eigenvalue weighted by atomic mass is 10.1. The molecule has 0 spiro atoms. The predicted octanol–water partition coefficient (Wildman–Crippen LogP) is 2.21. The topological polar surface area (TPSA) is 56.2 Å². The summed E-state index contributed by atoms with van der Waals surface area (Å²) < 4.78 is 20.2. The number of halogens is 1. The van der Waals surface area contributed by atoms with Crippen LogP contribution in [-0.2, 0) is 11.3 Å². The van der Waals surface area contributed by atoms with Crippen molar-refractivity contribution in [3.8, 4) is 11.1 Å². The lowest BCUT2D eigenvalue weighted by molar-refractivity contribution is 0.0219. The van der Waals surface area contributed by atoms with Gasteiger partial charge in [0, 0.05) is 25.8 Å². The average Bonchev–Trinajstić information content (AvgIpc) is 2.62. The number of hydrogen-bond donors (Lipinski definition) is 1. The normalized spacial score (nSPS) is 17.8. The molecule has 0 saturated carbocycles. The molecule has 3 rings (SSSR count). The molecule has 128 valence electrons. The highest BCUT2D eigenvalue weighted by atomic mass is 19.1. The number of aryl methyl sites for hydroxylation is 1. The third-order valence-corrected chi connectivity index (χ3v) is 4.22. The lowest BCUT2D eigenvalue weighted by Crippen LogP contribution is -2.38. The molecule has 1 fully saturated rings. The molecule has 1 N–H and O–H groups in total. The molecule has 6 heteroatoms. The molecule has 1 saturated heterocycles. The van der Waals surface area contributed by atoms with Gasteiger partial charge in [0.15, 0.2) is 0 Å². The molecule has 0 radical (unpaired) electrons. The van der Waals surface area contributed by atoms with Gasteiger partial charge in [-0.2, -0.15) is 5.10 Å². The van der Waals surface area contributed by atoms with E-state index in [2.05, 4.69) is 10.4 Å². The third kappa shape index (κ3) is 4.27. The maximum Gasteiger partial charge on any atom is 0.274 e. The summed E-state index contributed by atoms with van der Waals surface area (Å²) in [5, 5.41) is 7.47. The molecule has 2 aromatic rings. The van der Waals surface area contributed by atoms with Gasteiger partial charge in [-0.15, -0.1) is 0 Å². The first-order chi connectivity index (χ1) is 11.7. The number of hydrogen-bond acceptors (Lipinski definition) is 4. The number of aromatic nitrogens is 2. The first-order valence-corrected chi connectivity index (χ1v) is 8.38. The molecule has 1 unspecified atom stereocenters. The minimum atomic E-state index is -0.312. The van der Waals surface area contributed by atoms with Crippen LogP contribution in [0.3, 0.4) is 0 Å². The van der Waals surface area contributed by atoms with Crippen LogP contribution in [0.25, 0.3) is 11.1 Å². The van der Waals surface area contributed by atoms with Gasteiger partial charge in [0.25, 0.3) is 5.56 Å². The van der Waals surface area contributed by atoms with Gasteiger partial charge >= 0.3 is 0 Å². The van der Waals surface area contributed by atoms with Crippen molar-refractivity contribution in [2.24, 2.45) is 0 Å². The highest BCUT2D eigenvalue weighted by molar-refractivity contribution is 5.61. The highest BCUT2D eigenvalue weighted by Gasteiger charge is 2.13. The van der Waals surface area contributed by atoms with Crippen LogP contribution < -0.4 is 10.9 Å². The summed E-state index contributed by atoms with van der Waals surface area (Å²) in [7, 11) is 0. The largest absolute Gasteiger partial charge is 0.376 e. The standard InChI is InChI=1S/C18H22FN3O2/c19-15-6-4-14(5-7-15)17-8-9-21-22(18(17)23)11-2-1-3-16-13-20-10-12-24-16/h4-9,16,20H,1-3,10-13H2. The minimum Gasteiger partial charge on any atom is -0.376 e. The number of nitrogens with zero attached hydrogens (tertiary/aromatic N) is 2. The summed E-state index contributed by atoms with van der Waals surface area (Å²) >= 11 is 0. The van der Waals surface area contributed by atoms with E-state index >= 15 is 0 Å².